The minimum Gasteiger partial charge on any atom is -0.354 e. The molecule has 4 nitrogen and oxygen atoms in total. The fourth-order valence-electron chi connectivity index (χ4n) is 1.84. The zero-order valence-corrected chi connectivity index (χ0v) is 12.0. The zero-order valence-electron chi connectivity index (χ0n) is 10.4. The molecule has 0 spiro atoms. The predicted molar refractivity (Wildman–Crippen MR) is 69.9 cm³/mol. The van der Waals surface area contributed by atoms with Gasteiger partial charge in [0.25, 0.3) is 0 Å². The third kappa shape index (κ3) is 4.03. The molecule has 94 valence electrons. The quantitative estimate of drug-likeness (QED) is 0.768. The molecule has 0 aromatic heterocycles. The number of nitrogens with one attached hydrogen (secondary N) is 1. The van der Waals surface area contributed by atoms with E-state index in [0.29, 0.717) is 6.04 Å². The number of likely N-dealkylation sites (N-methyl/N-ethyl adjacent to an activating group) is 2. The predicted octanol–water partition coefficient (Wildman–Crippen LogP) is 0.522. The Kier molecular flexibility index (Phi) is 5.72. The van der Waals surface area contributed by atoms with Gasteiger partial charge in [0.1, 0.15) is 0 Å². The Morgan fingerprint density at radius 2 is 2.19 bits per heavy atom. The van der Waals surface area contributed by atoms with Crippen LogP contribution in [0.25, 0.3) is 0 Å². The summed E-state index contributed by atoms with van der Waals surface area (Å²) in [4.78, 5) is 16.2. The summed E-state index contributed by atoms with van der Waals surface area (Å²) < 4.78 is 0. The molecule has 0 bridgehead atoms. The molecule has 0 aromatic rings. The van der Waals surface area contributed by atoms with Gasteiger partial charge in [0.05, 0.1) is 4.83 Å². The van der Waals surface area contributed by atoms with Gasteiger partial charge in [-0.3, -0.25) is 9.69 Å². The Balaban J connectivity index is 2.33. The van der Waals surface area contributed by atoms with Gasteiger partial charge in [-0.25, -0.2) is 0 Å². The second kappa shape index (κ2) is 6.57. The number of hydrogen-bond donors (Lipinski definition) is 1. The molecule has 0 saturated carbocycles. The lowest BCUT2D eigenvalue weighted by molar-refractivity contribution is -0.120. The molecular formula is C11H22BrN3O. The molecule has 1 aliphatic rings. The van der Waals surface area contributed by atoms with Gasteiger partial charge >= 0.3 is 0 Å². The SMILES string of the molecule is CCC(Br)C(=O)NCC1CN(C)CCN1C. The molecule has 1 saturated heterocycles. The van der Waals surface area contributed by atoms with Crippen LogP contribution in [-0.2, 0) is 4.79 Å². The molecule has 1 amide bonds. The molecular weight excluding hydrogens is 270 g/mol. The first-order chi connectivity index (χ1) is 7.54. The average Bonchev–Trinajstić information content (AvgIpc) is 2.28. The highest BCUT2D eigenvalue weighted by Gasteiger charge is 2.23. The summed E-state index contributed by atoms with van der Waals surface area (Å²) in [5, 5.41) is 3.00. The largest absolute Gasteiger partial charge is 0.354 e. The van der Waals surface area contributed by atoms with Crippen molar-refractivity contribution in [3.63, 3.8) is 0 Å². The normalized spacial score (nSPS) is 25.4. The van der Waals surface area contributed by atoms with Crippen LogP contribution in [0.1, 0.15) is 13.3 Å². The van der Waals surface area contributed by atoms with E-state index in [2.05, 4.69) is 45.1 Å². The third-order valence-electron chi connectivity index (χ3n) is 3.14. The van der Waals surface area contributed by atoms with Crippen LogP contribution >= 0.6 is 15.9 Å². The molecule has 16 heavy (non-hydrogen) atoms. The van der Waals surface area contributed by atoms with Crippen LogP contribution in [-0.4, -0.2) is 66.9 Å². The summed E-state index contributed by atoms with van der Waals surface area (Å²) in [6, 6.07) is 0.430. The fourth-order valence-corrected chi connectivity index (χ4v) is 2.00. The van der Waals surface area contributed by atoms with Crippen LogP contribution in [0.15, 0.2) is 0 Å². The third-order valence-corrected chi connectivity index (χ3v) is 4.20. The molecule has 0 radical (unpaired) electrons. The minimum absolute atomic E-state index is 0.0564. The lowest BCUT2D eigenvalue weighted by Gasteiger charge is -2.37. The van der Waals surface area contributed by atoms with Gasteiger partial charge < -0.3 is 10.2 Å². The van der Waals surface area contributed by atoms with Crippen LogP contribution in [0.2, 0.25) is 0 Å². The molecule has 1 fully saturated rings. The summed E-state index contributed by atoms with van der Waals surface area (Å²) in [6.45, 7) is 5.94. The van der Waals surface area contributed by atoms with Crippen LogP contribution in [0.4, 0.5) is 0 Å². The maximum absolute atomic E-state index is 11.6. The Morgan fingerprint density at radius 1 is 1.50 bits per heavy atom. The van der Waals surface area contributed by atoms with Crippen molar-refractivity contribution in [1.29, 1.82) is 0 Å². The van der Waals surface area contributed by atoms with Gasteiger partial charge in [-0.05, 0) is 20.5 Å². The van der Waals surface area contributed by atoms with E-state index in [1.165, 1.54) is 0 Å². The smallest absolute Gasteiger partial charge is 0.233 e. The first-order valence-corrected chi connectivity index (χ1v) is 6.76. The Labute approximate surface area is 106 Å². The van der Waals surface area contributed by atoms with E-state index in [4.69, 9.17) is 0 Å². The topological polar surface area (TPSA) is 35.6 Å². The highest BCUT2D eigenvalue weighted by Crippen LogP contribution is 2.07. The van der Waals surface area contributed by atoms with Crippen molar-refractivity contribution in [3.8, 4) is 0 Å². The van der Waals surface area contributed by atoms with Crippen molar-refractivity contribution in [2.75, 3.05) is 40.3 Å². The molecule has 2 unspecified atom stereocenters. The lowest BCUT2D eigenvalue weighted by Crippen LogP contribution is -2.54. The maximum Gasteiger partial charge on any atom is 0.233 e. The van der Waals surface area contributed by atoms with Crippen LogP contribution in [0, 0.1) is 0 Å². The van der Waals surface area contributed by atoms with Crippen molar-refractivity contribution in [2.45, 2.75) is 24.2 Å². The van der Waals surface area contributed by atoms with Gasteiger partial charge in [0, 0.05) is 32.2 Å². The maximum atomic E-state index is 11.6. The van der Waals surface area contributed by atoms with Crippen LogP contribution < -0.4 is 5.32 Å². The fraction of sp³-hybridized carbons (Fsp3) is 0.909. The number of carbonyl (C=O) groups is 1. The van der Waals surface area contributed by atoms with E-state index in [9.17, 15) is 4.79 Å². The van der Waals surface area contributed by atoms with Gasteiger partial charge in [-0.1, -0.05) is 22.9 Å². The van der Waals surface area contributed by atoms with Crippen molar-refractivity contribution >= 4 is 21.8 Å². The van der Waals surface area contributed by atoms with Crippen LogP contribution in [0.3, 0.4) is 0 Å². The van der Waals surface area contributed by atoms with Crippen LogP contribution in [0.5, 0.6) is 0 Å². The van der Waals surface area contributed by atoms with Crippen molar-refractivity contribution in [2.24, 2.45) is 0 Å². The highest BCUT2D eigenvalue weighted by atomic mass is 79.9. The molecule has 1 heterocycles. The summed E-state index contributed by atoms with van der Waals surface area (Å²) >= 11 is 3.36. The number of piperazine rings is 1. The molecule has 0 aliphatic carbocycles. The van der Waals surface area contributed by atoms with Gasteiger partial charge in [-0.15, -0.1) is 0 Å². The lowest BCUT2D eigenvalue weighted by atomic mass is 10.2. The van der Waals surface area contributed by atoms with Gasteiger partial charge in [0.15, 0.2) is 0 Å². The van der Waals surface area contributed by atoms with E-state index in [1.807, 2.05) is 6.92 Å². The molecule has 2 atom stereocenters. The standard InChI is InChI=1S/C11H22BrN3O/c1-4-10(12)11(16)13-7-9-8-14(2)5-6-15(9)3/h9-10H,4-8H2,1-3H3,(H,13,16). The van der Waals surface area contributed by atoms with Crippen molar-refractivity contribution < 1.29 is 4.79 Å². The Hall–Kier alpha value is -0.130. The van der Waals surface area contributed by atoms with E-state index >= 15 is 0 Å². The van der Waals surface area contributed by atoms with E-state index in [1.54, 1.807) is 0 Å². The summed E-state index contributed by atoms with van der Waals surface area (Å²) in [7, 11) is 4.25. The molecule has 1 aliphatic heterocycles. The second-order valence-corrected chi connectivity index (χ2v) is 5.62. The number of nitrogens with zero attached hydrogens (tertiary/aromatic N) is 2. The van der Waals surface area contributed by atoms with E-state index < -0.39 is 0 Å². The average molecular weight is 292 g/mol. The number of carbonyl (C=O) groups excluding carboxylic acids is 1. The van der Waals surface area contributed by atoms with Gasteiger partial charge in [-0.2, -0.15) is 0 Å². The van der Waals surface area contributed by atoms with E-state index in [0.717, 1.165) is 32.6 Å². The molecule has 0 aromatic carbocycles. The summed E-state index contributed by atoms with van der Waals surface area (Å²) in [6.07, 6.45) is 0.826. The first-order valence-electron chi connectivity index (χ1n) is 5.85. The van der Waals surface area contributed by atoms with Gasteiger partial charge in [0.2, 0.25) is 5.91 Å². The first kappa shape index (κ1) is 13.9. The summed E-state index contributed by atoms with van der Waals surface area (Å²) in [5.41, 5.74) is 0. The monoisotopic (exact) mass is 291 g/mol. The number of amides is 1. The van der Waals surface area contributed by atoms with Crippen molar-refractivity contribution in [1.82, 2.24) is 15.1 Å². The second-order valence-electron chi connectivity index (χ2n) is 4.52. The summed E-state index contributed by atoms with van der Waals surface area (Å²) in [5.74, 6) is 0.101. The highest BCUT2D eigenvalue weighted by molar-refractivity contribution is 9.10. The number of halogens is 1. The zero-order chi connectivity index (χ0) is 12.1. The number of alkyl halides is 1. The number of hydrogen-bond acceptors (Lipinski definition) is 3. The molecule has 5 heteroatoms. The van der Waals surface area contributed by atoms with Crippen molar-refractivity contribution in [3.05, 3.63) is 0 Å². The van der Waals surface area contributed by atoms with E-state index in [-0.39, 0.29) is 10.7 Å². The molecule has 1 N–H and O–H groups in total. The number of rotatable bonds is 4. The Bertz CT molecular complexity index is 237. The Morgan fingerprint density at radius 3 is 2.81 bits per heavy atom. The molecule has 1 rings (SSSR count). The minimum atomic E-state index is -0.0564.